The van der Waals surface area contributed by atoms with E-state index in [0.29, 0.717) is 22.7 Å². The van der Waals surface area contributed by atoms with E-state index in [1.165, 1.54) is 43.2 Å². The minimum Gasteiger partial charge on any atom is -0.465 e. The Balaban J connectivity index is 1.74. The lowest BCUT2D eigenvalue weighted by Crippen LogP contribution is -2.15. The highest BCUT2D eigenvalue weighted by molar-refractivity contribution is 6.06. The van der Waals surface area contributed by atoms with E-state index in [1.807, 2.05) is 6.07 Å². The summed E-state index contributed by atoms with van der Waals surface area (Å²) in [4.78, 5) is 35.7. The van der Waals surface area contributed by atoms with Crippen molar-refractivity contribution >= 4 is 17.6 Å². The molecule has 176 valence electrons. The summed E-state index contributed by atoms with van der Waals surface area (Å²) in [5.74, 6) is -0.613. The van der Waals surface area contributed by atoms with Crippen molar-refractivity contribution in [3.05, 3.63) is 100 Å². The number of non-ortho nitro benzene ring substituents is 1. The topological polar surface area (TPSA) is 123 Å². The number of nitro groups is 1. The van der Waals surface area contributed by atoms with Gasteiger partial charge in [0.25, 0.3) is 5.69 Å². The maximum Gasteiger partial charge on any atom is 0.357 e. The monoisotopic (exact) mass is 473 g/mol. The van der Waals surface area contributed by atoms with Crippen LogP contribution in [0.4, 0.5) is 5.69 Å². The molecule has 1 heterocycles. The van der Waals surface area contributed by atoms with Crippen LogP contribution >= 0.6 is 0 Å². The fourth-order valence-electron chi connectivity index (χ4n) is 3.41. The van der Waals surface area contributed by atoms with Crippen molar-refractivity contribution in [3.63, 3.8) is 0 Å². The van der Waals surface area contributed by atoms with E-state index in [-0.39, 0.29) is 22.6 Å². The zero-order valence-corrected chi connectivity index (χ0v) is 18.7. The number of methoxy groups -OCH3 is 2. The maximum atomic E-state index is 12.7. The molecule has 0 spiro atoms. The van der Waals surface area contributed by atoms with Crippen LogP contribution in [-0.4, -0.2) is 40.9 Å². The average Bonchev–Trinajstić information content (AvgIpc) is 3.30. The summed E-state index contributed by atoms with van der Waals surface area (Å²) < 4.78 is 16.9. The molecule has 1 aromatic heterocycles. The number of aromatic nitrogens is 2. The lowest BCUT2D eigenvalue weighted by atomic mass is 10.1. The summed E-state index contributed by atoms with van der Waals surface area (Å²) in [6.45, 7) is 0. The van der Waals surface area contributed by atoms with E-state index < -0.39 is 16.9 Å². The molecule has 4 rings (SSSR count). The quantitative estimate of drug-likeness (QED) is 0.213. The molecule has 0 atom stereocenters. The second kappa shape index (κ2) is 9.87. The Morgan fingerprint density at radius 3 is 1.94 bits per heavy atom. The van der Waals surface area contributed by atoms with Gasteiger partial charge in [-0.05, 0) is 48.5 Å². The standard InChI is InChI=1S/C25H19N3O7/c1-33-24(29)21-22(26-27(23(21)25(30)34-2)17-6-4-3-5-7-17)16-8-12-19(13-9-16)35-20-14-10-18(11-15-20)28(31)32/h3-15H,1-2H3. The summed E-state index contributed by atoms with van der Waals surface area (Å²) in [6, 6.07) is 21.2. The second-order valence-corrected chi connectivity index (χ2v) is 7.18. The summed E-state index contributed by atoms with van der Waals surface area (Å²) >= 11 is 0. The third-order valence-corrected chi connectivity index (χ3v) is 5.07. The van der Waals surface area contributed by atoms with Crippen LogP contribution in [0.15, 0.2) is 78.9 Å². The molecule has 0 saturated carbocycles. The van der Waals surface area contributed by atoms with Crippen molar-refractivity contribution in [1.82, 2.24) is 9.78 Å². The van der Waals surface area contributed by atoms with E-state index >= 15 is 0 Å². The fourth-order valence-corrected chi connectivity index (χ4v) is 3.41. The van der Waals surface area contributed by atoms with E-state index in [2.05, 4.69) is 5.10 Å². The molecule has 0 unspecified atom stereocenters. The number of nitrogens with zero attached hydrogens (tertiary/aromatic N) is 3. The summed E-state index contributed by atoms with van der Waals surface area (Å²) in [5, 5.41) is 15.4. The van der Waals surface area contributed by atoms with E-state index in [4.69, 9.17) is 14.2 Å². The summed E-state index contributed by atoms with van der Waals surface area (Å²) in [5.41, 5.74) is 1.17. The first-order valence-corrected chi connectivity index (χ1v) is 10.3. The molecule has 0 amide bonds. The lowest BCUT2D eigenvalue weighted by Gasteiger charge is -2.07. The SMILES string of the molecule is COC(=O)c1c(-c2ccc(Oc3ccc([N+](=O)[O-])cc3)cc2)nn(-c2ccccc2)c1C(=O)OC. The Hall–Kier alpha value is -4.99. The molecule has 0 aliphatic heterocycles. The number of carbonyl (C=O) groups excluding carboxylic acids is 2. The van der Waals surface area contributed by atoms with Gasteiger partial charge < -0.3 is 14.2 Å². The minimum atomic E-state index is -0.744. The molecular formula is C25H19N3O7. The molecule has 0 N–H and O–H groups in total. The first-order valence-electron chi connectivity index (χ1n) is 10.3. The Morgan fingerprint density at radius 1 is 0.829 bits per heavy atom. The van der Waals surface area contributed by atoms with Gasteiger partial charge in [0.2, 0.25) is 0 Å². The molecule has 0 radical (unpaired) electrons. The summed E-state index contributed by atoms with van der Waals surface area (Å²) in [7, 11) is 2.43. The number of para-hydroxylation sites is 1. The van der Waals surface area contributed by atoms with Gasteiger partial charge in [-0.1, -0.05) is 18.2 Å². The molecule has 10 nitrogen and oxygen atoms in total. The van der Waals surface area contributed by atoms with E-state index in [0.717, 1.165) is 0 Å². The molecule has 0 bridgehead atoms. The van der Waals surface area contributed by atoms with Gasteiger partial charge in [-0.2, -0.15) is 5.10 Å². The number of ether oxygens (including phenoxy) is 3. The maximum absolute atomic E-state index is 12.7. The Bertz CT molecular complexity index is 1380. The predicted molar refractivity (Wildman–Crippen MR) is 125 cm³/mol. The number of hydrogen-bond donors (Lipinski definition) is 0. The summed E-state index contributed by atoms with van der Waals surface area (Å²) in [6.07, 6.45) is 0. The van der Waals surface area contributed by atoms with Gasteiger partial charge in [0, 0.05) is 17.7 Å². The van der Waals surface area contributed by atoms with Gasteiger partial charge in [0.05, 0.1) is 24.8 Å². The highest BCUT2D eigenvalue weighted by Crippen LogP contribution is 2.31. The van der Waals surface area contributed by atoms with Crippen LogP contribution in [0.1, 0.15) is 20.8 Å². The van der Waals surface area contributed by atoms with Gasteiger partial charge in [-0.15, -0.1) is 0 Å². The normalized spacial score (nSPS) is 10.5. The van der Waals surface area contributed by atoms with Crippen molar-refractivity contribution in [2.45, 2.75) is 0 Å². The van der Waals surface area contributed by atoms with Crippen molar-refractivity contribution in [3.8, 4) is 28.4 Å². The highest BCUT2D eigenvalue weighted by Gasteiger charge is 2.31. The minimum absolute atomic E-state index is 0.0350. The Kier molecular flexibility index (Phi) is 6.54. The molecule has 0 fully saturated rings. The largest absolute Gasteiger partial charge is 0.465 e. The number of esters is 2. The number of carbonyl (C=O) groups is 2. The van der Waals surface area contributed by atoms with Crippen LogP contribution in [-0.2, 0) is 9.47 Å². The number of benzene rings is 3. The van der Waals surface area contributed by atoms with Crippen LogP contribution in [0.2, 0.25) is 0 Å². The number of nitro benzene ring substituents is 1. The van der Waals surface area contributed by atoms with Crippen molar-refractivity contribution < 1.29 is 28.7 Å². The van der Waals surface area contributed by atoms with Crippen LogP contribution in [0, 0.1) is 10.1 Å². The second-order valence-electron chi connectivity index (χ2n) is 7.18. The van der Waals surface area contributed by atoms with Crippen LogP contribution < -0.4 is 4.74 Å². The lowest BCUT2D eigenvalue weighted by molar-refractivity contribution is -0.384. The highest BCUT2D eigenvalue weighted by atomic mass is 16.6. The Labute approximate surface area is 199 Å². The average molecular weight is 473 g/mol. The molecule has 35 heavy (non-hydrogen) atoms. The molecule has 0 saturated heterocycles. The zero-order chi connectivity index (χ0) is 24.9. The first kappa shape index (κ1) is 23.2. The first-order chi connectivity index (χ1) is 16.9. The van der Waals surface area contributed by atoms with Crippen LogP contribution in [0.25, 0.3) is 16.9 Å². The van der Waals surface area contributed by atoms with Gasteiger partial charge in [0.15, 0.2) is 5.69 Å². The molecule has 3 aromatic carbocycles. The molecular weight excluding hydrogens is 454 g/mol. The van der Waals surface area contributed by atoms with Crippen molar-refractivity contribution in [1.29, 1.82) is 0 Å². The van der Waals surface area contributed by atoms with Crippen LogP contribution in [0.3, 0.4) is 0 Å². The van der Waals surface area contributed by atoms with E-state index in [1.54, 1.807) is 48.5 Å². The van der Waals surface area contributed by atoms with Gasteiger partial charge in [0.1, 0.15) is 22.8 Å². The fraction of sp³-hybridized carbons (Fsp3) is 0.0800. The molecule has 10 heteroatoms. The van der Waals surface area contributed by atoms with E-state index in [9.17, 15) is 19.7 Å². The Morgan fingerprint density at radius 2 is 1.40 bits per heavy atom. The smallest absolute Gasteiger partial charge is 0.357 e. The van der Waals surface area contributed by atoms with Gasteiger partial charge in [-0.25, -0.2) is 14.3 Å². The van der Waals surface area contributed by atoms with Gasteiger partial charge in [-0.3, -0.25) is 10.1 Å². The predicted octanol–water partition coefficient (Wildman–Crippen LogP) is 4.81. The third-order valence-electron chi connectivity index (χ3n) is 5.07. The van der Waals surface area contributed by atoms with Crippen LogP contribution in [0.5, 0.6) is 11.5 Å². The van der Waals surface area contributed by atoms with Gasteiger partial charge >= 0.3 is 11.9 Å². The number of hydrogen-bond acceptors (Lipinski definition) is 8. The molecule has 0 aliphatic rings. The number of rotatable bonds is 7. The molecule has 0 aliphatic carbocycles. The van der Waals surface area contributed by atoms with Crippen molar-refractivity contribution in [2.75, 3.05) is 14.2 Å². The van der Waals surface area contributed by atoms with Crippen molar-refractivity contribution in [2.24, 2.45) is 0 Å². The zero-order valence-electron chi connectivity index (χ0n) is 18.7. The third kappa shape index (κ3) is 4.71. The molecule has 4 aromatic rings.